The summed E-state index contributed by atoms with van der Waals surface area (Å²) in [5, 5.41) is 13.2. The molecule has 4 rings (SSSR count). The molecule has 0 bridgehead atoms. The van der Waals surface area contributed by atoms with E-state index in [1.165, 1.54) is 16.9 Å². The molecule has 0 aliphatic heterocycles. The van der Waals surface area contributed by atoms with Crippen molar-refractivity contribution in [2.45, 2.75) is 37.8 Å². The Morgan fingerprint density at radius 3 is 2.95 bits per heavy atom. The molecular formula is C17H17NO2S. The van der Waals surface area contributed by atoms with Crippen LogP contribution in [0.2, 0.25) is 0 Å². The van der Waals surface area contributed by atoms with E-state index in [0.717, 1.165) is 28.8 Å². The fourth-order valence-corrected chi connectivity index (χ4v) is 4.56. The summed E-state index contributed by atoms with van der Waals surface area (Å²) in [6.07, 6.45) is 3.48. The smallest absolute Gasteiger partial charge is 0.261 e. The zero-order chi connectivity index (χ0) is 14.4. The van der Waals surface area contributed by atoms with Crippen LogP contribution in [-0.2, 0) is 19.3 Å². The first kappa shape index (κ1) is 13.0. The first-order valence-corrected chi connectivity index (χ1v) is 8.22. The maximum Gasteiger partial charge on any atom is 0.261 e. The summed E-state index contributed by atoms with van der Waals surface area (Å²) < 4.78 is 0. The Morgan fingerprint density at radius 2 is 2.10 bits per heavy atom. The first-order chi connectivity index (χ1) is 10.2. The van der Waals surface area contributed by atoms with Gasteiger partial charge in [0.05, 0.1) is 17.0 Å². The van der Waals surface area contributed by atoms with E-state index in [2.05, 4.69) is 5.32 Å². The maximum absolute atomic E-state index is 12.4. The predicted molar refractivity (Wildman–Crippen MR) is 82.7 cm³/mol. The summed E-state index contributed by atoms with van der Waals surface area (Å²) in [6.45, 7) is 0. The second-order valence-corrected chi connectivity index (χ2v) is 6.97. The number of carbonyl (C=O) groups excluding carboxylic acids is 1. The van der Waals surface area contributed by atoms with Crippen molar-refractivity contribution in [1.82, 2.24) is 5.32 Å². The molecule has 2 aliphatic carbocycles. The van der Waals surface area contributed by atoms with Crippen LogP contribution in [0.25, 0.3) is 0 Å². The first-order valence-electron chi connectivity index (χ1n) is 7.40. The van der Waals surface area contributed by atoms with Gasteiger partial charge in [0.25, 0.3) is 5.91 Å². The van der Waals surface area contributed by atoms with Gasteiger partial charge in [-0.2, -0.15) is 0 Å². The van der Waals surface area contributed by atoms with Crippen LogP contribution in [0.5, 0.6) is 0 Å². The van der Waals surface area contributed by atoms with E-state index < -0.39 is 6.10 Å². The Morgan fingerprint density at radius 1 is 1.24 bits per heavy atom. The minimum atomic E-state index is -0.529. The Hall–Kier alpha value is -1.65. The van der Waals surface area contributed by atoms with Gasteiger partial charge < -0.3 is 10.4 Å². The number of aryl methyl sites for hydroxylation is 2. The van der Waals surface area contributed by atoms with Crippen LogP contribution in [-0.4, -0.2) is 17.1 Å². The van der Waals surface area contributed by atoms with Crippen molar-refractivity contribution in [3.05, 3.63) is 56.8 Å². The van der Waals surface area contributed by atoms with E-state index in [4.69, 9.17) is 0 Å². The van der Waals surface area contributed by atoms with E-state index in [0.29, 0.717) is 6.42 Å². The highest BCUT2D eigenvalue weighted by Gasteiger charge is 2.32. The number of carbonyl (C=O) groups is 1. The number of hydrogen-bond acceptors (Lipinski definition) is 3. The molecule has 108 valence electrons. The number of aliphatic hydroxyl groups excluding tert-OH is 1. The standard InChI is InChI=1S/C17H17NO2S/c19-13-8-10-4-1-2-6-12(10)16(13)18-17(20)15-9-11-5-3-7-14(11)21-15/h1-2,4,6,9,13,16,19H,3,5,7-8H2,(H,18,20)/t13-,16+/m1/s1. The Bertz CT molecular complexity index is 685. The third-order valence-corrected chi connectivity index (χ3v) is 5.70. The van der Waals surface area contributed by atoms with Gasteiger partial charge in [0, 0.05) is 11.3 Å². The molecule has 1 heterocycles. The maximum atomic E-state index is 12.4. The average molecular weight is 299 g/mol. The van der Waals surface area contributed by atoms with E-state index in [1.807, 2.05) is 30.3 Å². The largest absolute Gasteiger partial charge is 0.390 e. The average Bonchev–Trinajstić information content (AvgIpc) is 3.12. The quantitative estimate of drug-likeness (QED) is 0.895. The van der Waals surface area contributed by atoms with Gasteiger partial charge in [-0.1, -0.05) is 24.3 Å². The molecule has 4 heteroatoms. The summed E-state index contributed by atoms with van der Waals surface area (Å²) in [5.41, 5.74) is 3.50. The van der Waals surface area contributed by atoms with Crippen molar-refractivity contribution in [2.24, 2.45) is 0 Å². The zero-order valence-corrected chi connectivity index (χ0v) is 12.5. The molecule has 3 nitrogen and oxygen atoms in total. The molecule has 1 aromatic heterocycles. The lowest BCUT2D eigenvalue weighted by Crippen LogP contribution is -2.33. The number of amides is 1. The molecule has 2 N–H and O–H groups in total. The number of aliphatic hydroxyl groups is 1. The molecule has 0 radical (unpaired) electrons. The third kappa shape index (κ3) is 2.19. The minimum absolute atomic E-state index is 0.0600. The van der Waals surface area contributed by atoms with Gasteiger partial charge in [0.15, 0.2) is 0 Å². The SMILES string of the molecule is O=C(N[C@H]1c2ccccc2C[C@H]1O)c1cc2c(s1)CCC2. The summed E-state index contributed by atoms with van der Waals surface area (Å²) in [5.74, 6) is -0.0600. The molecule has 1 aromatic carbocycles. The molecule has 2 aromatic rings. The summed E-state index contributed by atoms with van der Waals surface area (Å²) in [6, 6.07) is 9.67. The number of nitrogens with one attached hydrogen (secondary N) is 1. The lowest BCUT2D eigenvalue weighted by Gasteiger charge is -2.17. The Labute approximate surface area is 127 Å². The van der Waals surface area contributed by atoms with Gasteiger partial charge in [-0.3, -0.25) is 4.79 Å². The lowest BCUT2D eigenvalue weighted by molar-refractivity contribution is 0.0862. The second kappa shape index (κ2) is 4.97. The van der Waals surface area contributed by atoms with Crippen molar-refractivity contribution in [2.75, 3.05) is 0 Å². The fourth-order valence-electron chi connectivity index (χ4n) is 3.40. The highest BCUT2D eigenvalue weighted by molar-refractivity contribution is 7.14. The van der Waals surface area contributed by atoms with Gasteiger partial charge in [-0.25, -0.2) is 0 Å². The van der Waals surface area contributed by atoms with Crippen LogP contribution in [0.3, 0.4) is 0 Å². The summed E-state index contributed by atoms with van der Waals surface area (Å²) in [7, 11) is 0. The fraction of sp³-hybridized carbons (Fsp3) is 0.353. The van der Waals surface area contributed by atoms with Crippen LogP contribution in [0.1, 0.15) is 43.7 Å². The molecule has 0 unspecified atom stereocenters. The highest BCUT2D eigenvalue weighted by atomic mass is 32.1. The molecule has 2 aliphatic rings. The van der Waals surface area contributed by atoms with Crippen LogP contribution < -0.4 is 5.32 Å². The van der Waals surface area contributed by atoms with Gasteiger partial charge in [0.2, 0.25) is 0 Å². The third-order valence-electron chi connectivity index (χ3n) is 4.46. The van der Waals surface area contributed by atoms with Crippen LogP contribution in [0, 0.1) is 0 Å². The van der Waals surface area contributed by atoms with Crippen molar-refractivity contribution in [3.63, 3.8) is 0 Å². The molecule has 0 saturated carbocycles. The number of hydrogen-bond donors (Lipinski definition) is 2. The molecular weight excluding hydrogens is 282 g/mol. The predicted octanol–water partition coefficient (Wildman–Crippen LogP) is 2.62. The molecule has 0 saturated heterocycles. The van der Waals surface area contributed by atoms with Crippen molar-refractivity contribution in [1.29, 1.82) is 0 Å². The highest BCUT2D eigenvalue weighted by Crippen LogP contribution is 2.33. The van der Waals surface area contributed by atoms with Crippen molar-refractivity contribution in [3.8, 4) is 0 Å². The van der Waals surface area contributed by atoms with Crippen molar-refractivity contribution < 1.29 is 9.90 Å². The molecule has 2 atom stereocenters. The normalized spacial score (nSPS) is 22.9. The lowest BCUT2D eigenvalue weighted by atomic mass is 10.1. The van der Waals surface area contributed by atoms with Gasteiger partial charge >= 0.3 is 0 Å². The minimum Gasteiger partial charge on any atom is -0.390 e. The van der Waals surface area contributed by atoms with Gasteiger partial charge in [-0.05, 0) is 42.0 Å². The number of benzene rings is 1. The second-order valence-electron chi connectivity index (χ2n) is 5.83. The van der Waals surface area contributed by atoms with E-state index in [-0.39, 0.29) is 11.9 Å². The Kier molecular flexibility index (Phi) is 3.08. The van der Waals surface area contributed by atoms with Crippen LogP contribution >= 0.6 is 11.3 Å². The van der Waals surface area contributed by atoms with Crippen molar-refractivity contribution >= 4 is 17.2 Å². The van der Waals surface area contributed by atoms with Crippen LogP contribution in [0.15, 0.2) is 30.3 Å². The molecule has 21 heavy (non-hydrogen) atoms. The summed E-state index contributed by atoms with van der Waals surface area (Å²) >= 11 is 1.60. The number of thiophene rings is 1. The molecule has 0 spiro atoms. The topological polar surface area (TPSA) is 49.3 Å². The van der Waals surface area contributed by atoms with E-state index in [1.54, 1.807) is 11.3 Å². The van der Waals surface area contributed by atoms with E-state index in [9.17, 15) is 9.90 Å². The van der Waals surface area contributed by atoms with Gasteiger partial charge in [-0.15, -0.1) is 11.3 Å². The van der Waals surface area contributed by atoms with Gasteiger partial charge in [0.1, 0.15) is 0 Å². The zero-order valence-electron chi connectivity index (χ0n) is 11.6. The van der Waals surface area contributed by atoms with E-state index >= 15 is 0 Å². The molecule has 1 amide bonds. The number of fused-ring (bicyclic) bond motifs is 2. The molecule has 0 fully saturated rings. The summed E-state index contributed by atoms with van der Waals surface area (Å²) in [4.78, 5) is 14.6. The monoisotopic (exact) mass is 299 g/mol. The number of rotatable bonds is 2. The Balaban J connectivity index is 1.56. The van der Waals surface area contributed by atoms with Crippen LogP contribution in [0.4, 0.5) is 0 Å².